The quantitative estimate of drug-likeness (QED) is 0.143. The molecule has 3 N–H and O–H groups in total. The second-order valence-electron chi connectivity index (χ2n) is 6.76. The fourth-order valence-corrected chi connectivity index (χ4v) is 6.38. The summed E-state index contributed by atoms with van der Waals surface area (Å²) in [6.07, 6.45) is 1.56. The minimum atomic E-state index is -1.41. The normalized spacial score (nSPS) is 21.0. The Labute approximate surface area is 213 Å². The van der Waals surface area contributed by atoms with E-state index in [1.165, 1.54) is 39.8 Å². The zero-order valence-corrected chi connectivity index (χ0v) is 21.5. The molecule has 31 heavy (non-hydrogen) atoms. The van der Waals surface area contributed by atoms with Gasteiger partial charge in [-0.2, -0.15) is 0 Å². The number of nitrogens with one attached hydrogen (secondary N) is 1. The van der Waals surface area contributed by atoms with Crippen LogP contribution in [-0.4, -0.2) is 68.1 Å². The number of thioether (sulfide) groups is 2. The van der Waals surface area contributed by atoms with Gasteiger partial charge in [-0.1, -0.05) is 23.1 Å². The van der Waals surface area contributed by atoms with Gasteiger partial charge in [-0.15, -0.1) is 22.0 Å². The van der Waals surface area contributed by atoms with E-state index in [0.29, 0.717) is 36.2 Å². The monoisotopic (exact) mass is 493 g/mol. The molecule has 2 aliphatic rings. The number of aldehydes is 1. The predicted molar refractivity (Wildman–Crippen MR) is 110 cm³/mol. The Bertz CT molecular complexity index is 895. The van der Waals surface area contributed by atoms with Gasteiger partial charge < -0.3 is 25.7 Å². The van der Waals surface area contributed by atoms with Crippen molar-refractivity contribution in [1.29, 1.82) is 0 Å². The fraction of sp³-hybridized carbons (Fsp3) is 0.529. The number of aryl methyl sites for hydroxylation is 1. The number of carbonyl (C=O) groups is 4. The first-order chi connectivity index (χ1) is 14.3. The number of rotatable bonds is 10. The van der Waals surface area contributed by atoms with E-state index in [-0.39, 0.29) is 47.6 Å². The summed E-state index contributed by atoms with van der Waals surface area (Å²) in [6, 6.07) is -1.39. The maximum atomic E-state index is 12.6. The molecule has 1 aromatic heterocycles. The number of hydrogen-bond donors (Lipinski definition) is 2. The molecule has 14 heteroatoms. The maximum absolute atomic E-state index is 12.6. The number of nitrogens with two attached hydrogens (primary N) is 1. The zero-order valence-electron chi connectivity index (χ0n) is 17.0. The van der Waals surface area contributed by atoms with Crippen LogP contribution in [0, 0.1) is 6.92 Å². The van der Waals surface area contributed by atoms with Gasteiger partial charge in [0.15, 0.2) is 4.34 Å². The van der Waals surface area contributed by atoms with Crippen molar-refractivity contribution in [2.75, 3.05) is 11.5 Å². The average Bonchev–Trinajstić information content (AvgIpc) is 3.14. The third-order valence-electron chi connectivity index (χ3n) is 4.55. The molecule has 3 atom stereocenters. The Morgan fingerprint density at radius 2 is 2.19 bits per heavy atom. The number of carboxylic acids is 1. The number of aliphatic carboxylic acids is 1. The van der Waals surface area contributed by atoms with Gasteiger partial charge in [0.2, 0.25) is 5.91 Å². The van der Waals surface area contributed by atoms with E-state index >= 15 is 0 Å². The van der Waals surface area contributed by atoms with Gasteiger partial charge in [0.05, 0.1) is 17.7 Å². The summed E-state index contributed by atoms with van der Waals surface area (Å²) in [4.78, 5) is 48.1. The first-order valence-electron chi connectivity index (χ1n) is 9.13. The third-order valence-corrected chi connectivity index (χ3v) is 7.95. The molecule has 0 saturated carbocycles. The number of aromatic nitrogens is 2. The third kappa shape index (κ3) is 6.30. The van der Waals surface area contributed by atoms with Crippen LogP contribution >= 0.6 is 34.9 Å². The average molecular weight is 494 g/mol. The standard InChI is InChI=1S/C17H21N5O5S3.Na/c1-8-20-21-17(30-8)29-7-9-6-28-15-12(14(25)22(15)13(9)16(26)27)19-11(24)4-2-3-10(18)5-23;/h5,10,12,15H,2-4,6-7,18H2,1H3,(H,19,24)(H,26,27);/q;+1/p-1/t10?,12?,15-;/m0./s1. The summed E-state index contributed by atoms with van der Waals surface area (Å²) < 4.78 is 0.721. The van der Waals surface area contributed by atoms with Crippen LogP contribution in [0.15, 0.2) is 15.6 Å². The predicted octanol–water partition coefficient (Wildman–Crippen LogP) is -3.96. The molecule has 2 amide bonds. The number of hydrogen-bond acceptors (Lipinski definition) is 11. The van der Waals surface area contributed by atoms with Crippen LogP contribution in [0.4, 0.5) is 0 Å². The van der Waals surface area contributed by atoms with Gasteiger partial charge in [0, 0.05) is 17.9 Å². The van der Waals surface area contributed by atoms with E-state index in [1.807, 2.05) is 6.92 Å². The van der Waals surface area contributed by atoms with Crippen LogP contribution in [0.5, 0.6) is 0 Å². The molecule has 2 unspecified atom stereocenters. The molecular formula is C17H20N5NaO5S3. The summed E-state index contributed by atoms with van der Waals surface area (Å²) in [5.41, 5.74) is 5.94. The zero-order chi connectivity index (χ0) is 21.8. The molecule has 0 aliphatic carbocycles. The molecule has 0 aromatic carbocycles. The Balaban J connectivity index is 0.00000341. The molecule has 2 aliphatic heterocycles. The van der Waals surface area contributed by atoms with Gasteiger partial charge >= 0.3 is 29.6 Å². The second-order valence-corrected chi connectivity index (χ2v) is 10.3. The van der Waals surface area contributed by atoms with E-state index < -0.39 is 29.3 Å². The fourth-order valence-electron chi connectivity index (χ4n) is 3.08. The van der Waals surface area contributed by atoms with Gasteiger partial charge in [-0.3, -0.25) is 14.5 Å². The van der Waals surface area contributed by atoms with Crippen LogP contribution in [0.2, 0.25) is 0 Å². The Kier molecular flexibility index (Phi) is 9.98. The Morgan fingerprint density at radius 1 is 1.45 bits per heavy atom. The number of β-lactam (4-membered cyclic amide) rings is 1. The van der Waals surface area contributed by atoms with Crippen molar-refractivity contribution in [3.05, 3.63) is 16.3 Å². The van der Waals surface area contributed by atoms with Crippen LogP contribution in [-0.2, 0) is 19.2 Å². The Morgan fingerprint density at radius 3 is 2.81 bits per heavy atom. The molecule has 1 saturated heterocycles. The second kappa shape index (κ2) is 11.8. The molecule has 3 heterocycles. The van der Waals surface area contributed by atoms with Gasteiger partial charge in [-0.25, -0.2) is 0 Å². The van der Waals surface area contributed by atoms with Crippen molar-refractivity contribution in [2.45, 2.75) is 48.0 Å². The molecule has 1 fully saturated rings. The van der Waals surface area contributed by atoms with Crippen molar-refractivity contribution >= 4 is 58.9 Å². The van der Waals surface area contributed by atoms with E-state index in [9.17, 15) is 24.3 Å². The number of carbonyl (C=O) groups excluding carboxylic acids is 4. The van der Waals surface area contributed by atoms with Crippen LogP contribution in [0.1, 0.15) is 24.3 Å². The molecule has 10 nitrogen and oxygen atoms in total. The molecule has 162 valence electrons. The molecule has 0 bridgehead atoms. The number of fused-ring (bicyclic) bond motifs is 1. The summed E-state index contributed by atoms with van der Waals surface area (Å²) in [5.74, 6) is -1.46. The summed E-state index contributed by atoms with van der Waals surface area (Å²) >= 11 is 4.17. The molecule has 3 rings (SSSR count). The smallest absolute Gasteiger partial charge is 0.543 e. The van der Waals surface area contributed by atoms with E-state index in [2.05, 4.69) is 15.5 Å². The van der Waals surface area contributed by atoms with E-state index in [0.717, 1.165) is 9.35 Å². The SMILES string of the molecule is Cc1nnc(SCC2=C(C(=O)[O-])N3C(=O)C(NC(=O)CCCC(N)C=O)[C@@H]3SC2)s1.[Na+]. The molecular weight excluding hydrogens is 473 g/mol. The van der Waals surface area contributed by atoms with Crippen molar-refractivity contribution < 1.29 is 53.8 Å². The van der Waals surface area contributed by atoms with Gasteiger partial charge in [0.25, 0.3) is 5.91 Å². The van der Waals surface area contributed by atoms with Crippen molar-refractivity contribution in [2.24, 2.45) is 5.73 Å². The van der Waals surface area contributed by atoms with Crippen molar-refractivity contribution in [3.8, 4) is 0 Å². The molecule has 0 spiro atoms. The number of carboxylic acid groups (broad SMARTS) is 1. The van der Waals surface area contributed by atoms with Gasteiger partial charge in [0.1, 0.15) is 22.7 Å². The summed E-state index contributed by atoms with van der Waals surface area (Å²) in [6.45, 7) is 1.83. The van der Waals surface area contributed by atoms with E-state index in [1.54, 1.807) is 0 Å². The minimum absolute atomic E-state index is 0. The van der Waals surface area contributed by atoms with E-state index in [4.69, 9.17) is 5.73 Å². The number of amides is 2. The van der Waals surface area contributed by atoms with Crippen LogP contribution in [0.3, 0.4) is 0 Å². The van der Waals surface area contributed by atoms with Crippen molar-refractivity contribution in [1.82, 2.24) is 20.4 Å². The van der Waals surface area contributed by atoms with Crippen molar-refractivity contribution in [3.63, 3.8) is 0 Å². The summed E-state index contributed by atoms with van der Waals surface area (Å²) in [5, 5.41) is 22.7. The molecule has 1 aromatic rings. The first-order valence-corrected chi connectivity index (χ1v) is 12.0. The first kappa shape index (κ1) is 26.3. The summed E-state index contributed by atoms with van der Waals surface area (Å²) in [7, 11) is 0. The maximum Gasteiger partial charge on any atom is 1.00 e. The van der Waals surface area contributed by atoms with Crippen LogP contribution < -0.4 is 45.7 Å². The van der Waals surface area contributed by atoms with Gasteiger partial charge in [-0.05, 0) is 25.3 Å². The topological polar surface area (TPSA) is 158 Å². The van der Waals surface area contributed by atoms with Crippen LogP contribution in [0.25, 0.3) is 0 Å². The number of nitrogens with zero attached hydrogens (tertiary/aromatic N) is 3. The largest absolute Gasteiger partial charge is 1.00 e. The Hall–Kier alpha value is -0.960. The molecule has 0 radical (unpaired) electrons. The minimum Gasteiger partial charge on any atom is -0.543 e.